The molecular formula is C8H11BrN2OS. The summed E-state index contributed by atoms with van der Waals surface area (Å²) in [5.41, 5.74) is 0. The van der Waals surface area contributed by atoms with Gasteiger partial charge in [0.1, 0.15) is 4.60 Å². The second-order valence-corrected chi connectivity index (χ2v) is 5.12. The van der Waals surface area contributed by atoms with E-state index in [1.165, 1.54) is 24.8 Å². The summed E-state index contributed by atoms with van der Waals surface area (Å²) in [6, 6.07) is 0. The Bertz CT molecular complexity index is 296. The van der Waals surface area contributed by atoms with Crippen molar-refractivity contribution in [3.8, 4) is 5.75 Å². The predicted octanol–water partition coefficient (Wildman–Crippen LogP) is 2.77. The van der Waals surface area contributed by atoms with Crippen LogP contribution in [0.15, 0.2) is 10.8 Å². The van der Waals surface area contributed by atoms with Crippen LogP contribution >= 0.6 is 27.7 Å². The molecule has 13 heavy (non-hydrogen) atoms. The lowest BCUT2D eigenvalue weighted by molar-refractivity contribution is 0.464. The Morgan fingerprint density at radius 2 is 2.46 bits per heavy atom. The maximum Gasteiger partial charge on any atom is 0.168 e. The van der Waals surface area contributed by atoms with Crippen molar-refractivity contribution in [2.45, 2.75) is 24.6 Å². The van der Waals surface area contributed by atoms with Crippen molar-refractivity contribution < 1.29 is 5.11 Å². The maximum absolute atomic E-state index is 9.33. The molecule has 0 spiro atoms. The minimum absolute atomic E-state index is 0.228. The Morgan fingerprint density at radius 1 is 1.62 bits per heavy atom. The average molecular weight is 263 g/mol. The summed E-state index contributed by atoms with van der Waals surface area (Å²) >= 11 is 5.23. The van der Waals surface area contributed by atoms with E-state index in [2.05, 4.69) is 21.0 Å². The third-order valence-corrected chi connectivity index (χ3v) is 4.26. The van der Waals surface area contributed by atoms with Crippen molar-refractivity contribution in [3.05, 3.63) is 10.8 Å². The van der Waals surface area contributed by atoms with Crippen LogP contribution in [0.2, 0.25) is 0 Å². The molecule has 1 aliphatic heterocycles. The lowest BCUT2D eigenvalue weighted by Crippen LogP contribution is -2.11. The van der Waals surface area contributed by atoms with Crippen molar-refractivity contribution in [2.75, 3.05) is 5.75 Å². The van der Waals surface area contributed by atoms with E-state index in [1.807, 2.05) is 16.4 Å². The molecule has 1 aliphatic rings. The van der Waals surface area contributed by atoms with Crippen molar-refractivity contribution in [1.82, 2.24) is 9.78 Å². The highest BCUT2D eigenvalue weighted by Crippen LogP contribution is 2.37. The summed E-state index contributed by atoms with van der Waals surface area (Å²) in [4.78, 5) is 0. The smallest absolute Gasteiger partial charge is 0.168 e. The molecule has 1 unspecified atom stereocenters. The molecule has 72 valence electrons. The molecule has 0 bridgehead atoms. The summed E-state index contributed by atoms with van der Waals surface area (Å²) in [6.45, 7) is 0. The van der Waals surface area contributed by atoms with Gasteiger partial charge < -0.3 is 5.11 Å². The van der Waals surface area contributed by atoms with Crippen LogP contribution in [0, 0.1) is 0 Å². The van der Waals surface area contributed by atoms with Crippen LogP contribution in [0.5, 0.6) is 5.75 Å². The topological polar surface area (TPSA) is 38.1 Å². The highest BCUT2D eigenvalue weighted by atomic mass is 79.9. The second kappa shape index (κ2) is 3.92. The minimum atomic E-state index is 0.228. The van der Waals surface area contributed by atoms with Gasteiger partial charge in [-0.15, -0.1) is 11.8 Å². The van der Waals surface area contributed by atoms with E-state index in [4.69, 9.17) is 0 Å². The van der Waals surface area contributed by atoms with Gasteiger partial charge in [0.2, 0.25) is 0 Å². The van der Waals surface area contributed by atoms with Crippen LogP contribution in [-0.2, 0) is 0 Å². The maximum atomic E-state index is 9.33. The number of hydrogen-bond acceptors (Lipinski definition) is 3. The standard InChI is InChI=1S/C8H11BrN2OS/c9-8-6(12)5-10-11(8)7-3-1-2-4-13-7/h5,7,12H,1-4H2. The third-order valence-electron chi connectivity index (χ3n) is 2.15. The van der Waals surface area contributed by atoms with Crippen LogP contribution in [0.4, 0.5) is 0 Å². The van der Waals surface area contributed by atoms with Gasteiger partial charge in [-0.05, 0) is 40.9 Å². The normalized spacial score (nSPS) is 23.3. The quantitative estimate of drug-likeness (QED) is 0.846. The molecule has 5 heteroatoms. The van der Waals surface area contributed by atoms with Gasteiger partial charge in [-0.1, -0.05) is 0 Å². The molecule has 0 aromatic carbocycles. The van der Waals surface area contributed by atoms with Gasteiger partial charge in [-0.25, -0.2) is 4.68 Å². The Morgan fingerprint density at radius 3 is 3.00 bits per heavy atom. The molecule has 0 aliphatic carbocycles. The zero-order valence-corrected chi connectivity index (χ0v) is 9.51. The lowest BCUT2D eigenvalue weighted by Gasteiger charge is -2.21. The van der Waals surface area contributed by atoms with E-state index in [1.54, 1.807) is 0 Å². The summed E-state index contributed by atoms with van der Waals surface area (Å²) in [7, 11) is 0. The zero-order valence-electron chi connectivity index (χ0n) is 7.11. The Labute approximate surface area is 89.6 Å². The monoisotopic (exact) mass is 262 g/mol. The van der Waals surface area contributed by atoms with Crippen LogP contribution < -0.4 is 0 Å². The first-order chi connectivity index (χ1) is 6.29. The van der Waals surface area contributed by atoms with Crippen LogP contribution in [0.1, 0.15) is 24.6 Å². The fourth-order valence-electron chi connectivity index (χ4n) is 1.46. The number of aromatic hydroxyl groups is 1. The highest BCUT2D eigenvalue weighted by molar-refractivity contribution is 9.10. The highest BCUT2D eigenvalue weighted by Gasteiger charge is 2.19. The van der Waals surface area contributed by atoms with E-state index in [-0.39, 0.29) is 5.75 Å². The molecule has 2 heterocycles. The van der Waals surface area contributed by atoms with Gasteiger partial charge in [0.15, 0.2) is 5.75 Å². The number of rotatable bonds is 1. The molecule has 1 N–H and O–H groups in total. The minimum Gasteiger partial charge on any atom is -0.504 e. The second-order valence-electron chi connectivity index (χ2n) is 3.09. The SMILES string of the molecule is Oc1cnn(C2CCCCS2)c1Br. The summed E-state index contributed by atoms with van der Waals surface area (Å²) < 4.78 is 2.56. The molecule has 1 atom stereocenters. The van der Waals surface area contributed by atoms with Gasteiger partial charge in [-0.3, -0.25) is 0 Å². The van der Waals surface area contributed by atoms with Crippen LogP contribution in [0.3, 0.4) is 0 Å². The molecule has 1 fully saturated rings. The largest absolute Gasteiger partial charge is 0.504 e. The number of hydrogen-bond donors (Lipinski definition) is 1. The van der Waals surface area contributed by atoms with Crippen LogP contribution in [-0.4, -0.2) is 20.6 Å². The average Bonchev–Trinajstić information content (AvgIpc) is 2.49. The van der Waals surface area contributed by atoms with Gasteiger partial charge in [0, 0.05) is 0 Å². The van der Waals surface area contributed by atoms with Crippen LogP contribution in [0.25, 0.3) is 0 Å². The van der Waals surface area contributed by atoms with E-state index in [0.717, 1.165) is 6.42 Å². The molecule has 2 rings (SSSR count). The molecule has 1 aromatic rings. The Balaban J connectivity index is 2.18. The first-order valence-electron chi connectivity index (χ1n) is 4.32. The summed E-state index contributed by atoms with van der Waals surface area (Å²) in [5, 5.41) is 13.9. The summed E-state index contributed by atoms with van der Waals surface area (Å²) in [5.74, 6) is 1.42. The molecule has 3 nitrogen and oxygen atoms in total. The fourth-order valence-corrected chi connectivity index (χ4v) is 3.31. The molecular weight excluding hydrogens is 252 g/mol. The van der Waals surface area contributed by atoms with Crippen molar-refractivity contribution >= 4 is 27.7 Å². The first-order valence-corrected chi connectivity index (χ1v) is 6.17. The zero-order chi connectivity index (χ0) is 9.26. The molecule has 0 saturated carbocycles. The third kappa shape index (κ3) is 1.86. The van der Waals surface area contributed by atoms with Gasteiger partial charge in [-0.2, -0.15) is 5.10 Å². The Hall–Kier alpha value is -0.160. The van der Waals surface area contributed by atoms with E-state index >= 15 is 0 Å². The lowest BCUT2D eigenvalue weighted by atomic mass is 10.2. The number of thioether (sulfide) groups is 1. The number of halogens is 1. The predicted molar refractivity (Wildman–Crippen MR) is 56.9 cm³/mol. The van der Waals surface area contributed by atoms with Crippen molar-refractivity contribution in [3.63, 3.8) is 0 Å². The molecule has 1 aromatic heterocycles. The van der Waals surface area contributed by atoms with E-state index in [9.17, 15) is 5.11 Å². The van der Waals surface area contributed by atoms with E-state index in [0.29, 0.717) is 9.98 Å². The number of nitrogens with zero attached hydrogens (tertiary/aromatic N) is 2. The molecule has 1 saturated heterocycles. The first kappa shape index (κ1) is 9.40. The summed E-state index contributed by atoms with van der Waals surface area (Å²) in [6.07, 6.45) is 5.18. The molecule has 0 amide bonds. The van der Waals surface area contributed by atoms with Gasteiger partial charge >= 0.3 is 0 Å². The Kier molecular flexibility index (Phi) is 2.83. The van der Waals surface area contributed by atoms with Gasteiger partial charge in [0.25, 0.3) is 0 Å². The number of aromatic nitrogens is 2. The van der Waals surface area contributed by atoms with E-state index < -0.39 is 0 Å². The fraction of sp³-hybridized carbons (Fsp3) is 0.625. The van der Waals surface area contributed by atoms with Crippen molar-refractivity contribution in [1.29, 1.82) is 0 Å². The molecule has 0 radical (unpaired) electrons. The van der Waals surface area contributed by atoms with Crippen molar-refractivity contribution in [2.24, 2.45) is 0 Å². The van der Waals surface area contributed by atoms with Gasteiger partial charge in [0.05, 0.1) is 11.6 Å².